The van der Waals surface area contributed by atoms with Crippen molar-refractivity contribution in [1.82, 2.24) is 15.0 Å². The molecule has 0 aliphatic heterocycles. The highest BCUT2D eigenvalue weighted by molar-refractivity contribution is 5.75. The van der Waals surface area contributed by atoms with E-state index in [-0.39, 0.29) is 12.5 Å². The molecule has 0 aliphatic carbocycles. The molecule has 0 bridgehead atoms. The summed E-state index contributed by atoms with van der Waals surface area (Å²) in [4.78, 5) is 18.3. The molecular formula is C22H25N3O3. The molecule has 6 nitrogen and oxygen atoms in total. The Kier molecular flexibility index (Phi) is 6.42. The van der Waals surface area contributed by atoms with Gasteiger partial charge in [-0.15, -0.1) is 0 Å². The maximum Gasteiger partial charge on any atom is 0.246 e. The fourth-order valence-electron chi connectivity index (χ4n) is 2.75. The van der Waals surface area contributed by atoms with Crippen LogP contribution in [0.2, 0.25) is 0 Å². The largest absolute Gasteiger partial charge is 0.494 e. The van der Waals surface area contributed by atoms with E-state index in [1.807, 2.05) is 62.4 Å². The van der Waals surface area contributed by atoms with Gasteiger partial charge in [-0.05, 0) is 38.5 Å². The summed E-state index contributed by atoms with van der Waals surface area (Å²) >= 11 is 0. The Hall–Kier alpha value is -3.15. The van der Waals surface area contributed by atoms with Gasteiger partial charge in [-0.3, -0.25) is 4.79 Å². The average molecular weight is 379 g/mol. The molecule has 0 fully saturated rings. The first kappa shape index (κ1) is 19.6. The van der Waals surface area contributed by atoms with Crippen molar-refractivity contribution in [2.45, 2.75) is 33.2 Å². The van der Waals surface area contributed by atoms with Crippen LogP contribution in [-0.2, 0) is 11.3 Å². The van der Waals surface area contributed by atoms with Gasteiger partial charge in [0.2, 0.25) is 17.6 Å². The number of carbonyl (C=O) groups excluding carboxylic acids is 1. The number of hydrogen-bond acceptors (Lipinski definition) is 5. The second kappa shape index (κ2) is 9.17. The van der Waals surface area contributed by atoms with E-state index in [1.54, 1.807) is 11.9 Å². The number of hydrogen-bond donors (Lipinski definition) is 0. The molecule has 0 aliphatic rings. The lowest BCUT2D eigenvalue weighted by molar-refractivity contribution is -0.131. The highest BCUT2D eigenvalue weighted by Crippen LogP contribution is 2.17. The van der Waals surface area contributed by atoms with Crippen molar-refractivity contribution < 1.29 is 14.1 Å². The maximum atomic E-state index is 12.3. The monoisotopic (exact) mass is 379 g/mol. The van der Waals surface area contributed by atoms with E-state index in [0.717, 1.165) is 16.9 Å². The Morgan fingerprint density at radius 3 is 2.64 bits per heavy atom. The van der Waals surface area contributed by atoms with Gasteiger partial charge < -0.3 is 14.2 Å². The molecule has 0 N–H and O–H groups in total. The normalized spacial score (nSPS) is 10.7. The number of benzene rings is 2. The molecule has 2 aromatic carbocycles. The van der Waals surface area contributed by atoms with Gasteiger partial charge in [0, 0.05) is 19.0 Å². The molecule has 3 rings (SSSR count). The number of amides is 1. The molecule has 0 unspecified atom stereocenters. The van der Waals surface area contributed by atoms with Gasteiger partial charge in [0.05, 0.1) is 13.2 Å². The number of carbonyl (C=O) groups is 1. The van der Waals surface area contributed by atoms with Crippen LogP contribution >= 0.6 is 0 Å². The lowest BCUT2D eigenvalue weighted by Crippen LogP contribution is -2.26. The minimum atomic E-state index is 0.0165. The van der Waals surface area contributed by atoms with Crippen LogP contribution in [0.4, 0.5) is 0 Å². The zero-order valence-corrected chi connectivity index (χ0v) is 16.5. The molecule has 0 saturated carbocycles. The molecule has 0 saturated heterocycles. The van der Waals surface area contributed by atoms with E-state index in [9.17, 15) is 4.79 Å². The number of ether oxygens (including phenoxy) is 1. The number of aryl methyl sites for hydroxylation is 2. The molecule has 0 spiro atoms. The van der Waals surface area contributed by atoms with Gasteiger partial charge in [-0.1, -0.05) is 46.6 Å². The molecule has 28 heavy (non-hydrogen) atoms. The molecule has 6 heteroatoms. The first-order valence-corrected chi connectivity index (χ1v) is 9.34. The lowest BCUT2D eigenvalue weighted by atomic mass is 10.1. The van der Waals surface area contributed by atoms with Gasteiger partial charge in [-0.25, -0.2) is 0 Å². The molecule has 0 radical (unpaired) electrons. The third-order valence-electron chi connectivity index (χ3n) is 4.37. The first-order valence-electron chi connectivity index (χ1n) is 9.34. The summed E-state index contributed by atoms with van der Waals surface area (Å²) in [6.45, 7) is 4.84. The summed E-state index contributed by atoms with van der Waals surface area (Å²) in [5.41, 5.74) is 3.22. The summed E-state index contributed by atoms with van der Waals surface area (Å²) in [5, 5.41) is 4.01. The minimum Gasteiger partial charge on any atom is -0.494 e. The van der Waals surface area contributed by atoms with E-state index in [1.165, 1.54) is 5.56 Å². The van der Waals surface area contributed by atoms with Crippen LogP contribution in [0.25, 0.3) is 11.4 Å². The van der Waals surface area contributed by atoms with E-state index in [2.05, 4.69) is 10.1 Å². The summed E-state index contributed by atoms with van der Waals surface area (Å²) < 4.78 is 11.0. The number of rotatable bonds is 8. The van der Waals surface area contributed by atoms with Crippen molar-refractivity contribution in [2.75, 3.05) is 13.7 Å². The van der Waals surface area contributed by atoms with Crippen LogP contribution in [0, 0.1) is 13.8 Å². The second-order valence-electron chi connectivity index (χ2n) is 6.90. The molecule has 0 atom stereocenters. The second-order valence-corrected chi connectivity index (χ2v) is 6.90. The van der Waals surface area contributed by atoms with Crippen LogP contribution in [0.3, 0.4) is 0 Å². The molecule has 146 valence electrons. The van der Waals surface area contributed by atoms with Crippen molar-refractivity contribution >= 4 is 5.91 Å². The highest BCUT2D eigenvalue weighted by atomic mass is 16.5. The SMILES string of the molecule is Cc1ccc(OCCCC(=O)N(C)Cc2nc(-c3cccc(C)c3)no2)cc1. The average Bonchev–Trinajstić information content (AvgIpc) is 3.15. The predicted molar refractivity (Wildman–Crippen MR) is 107 cm³/mol. The van der Waals surface area contributed by atoms with Crippen molar-refractivity contribution in [2.24, 2.45) is 0 Å². The zero-order chi connectivity index (χ0) is 19.9. The predicted octanol–water partition coefficient (Wildman–Crippen LogP) is 4.17. The van der Waals surface area contributed by atoms with Crippen molar-refractivity contribution in [3.63, 3.8) is 0 Å². The lowest BCUT2D eigenvalue weighted by Gasteiger charge is -2.14. The maximum absolute atomic E-state index is 12.3. The van der Waals surface area contributed by atoms with Gasteiger partial charge >= 0.3 is 0 Å². The van der Waals surface area contributed by atoms with Crippen LogP contribution in [0.5, 0.6) is 5.75 Å². The van der Waals surface area contributed by atoms with E-state index in [0.29, 0.717) is 31.2 Å². The first-order chi connectivity index (χ1) is 13.5. The summed E-state index contributed by atoms with van der Waals surface area (Å²) in [6.07, 6.45) is 1.05. The molecule has 1 amide bonds. The molecule has 3 aromatic rings. The number of nitrogens with zero attached hydrogens (tertiary/aromatic N) is 3. The summed E-state index contributed by atoms with van der Waals surface area (Å²) in [6, 6.07) is 15.8. The topological polar surface area (TPSA) is 68.5 Å². The fraction of sp³-hybridized carbons (Fsp3) is 0.318. The van der Waals surface area contributed by atoms with Crippen LogP contribution in [0.15, 0.2) is 53.1 Å². The summed E-state index contributed by atoms with van der Waals surface area (Å²) in [7, 11) is 1.74. The third kappa shape index (κ3) is 5.42. The Bertz CT molecular complexity index is 919. The quantitative estimate of drug-likeness (QED) is 0.550. The zero-order valence-electron chi connectivity index (χ0n) is 16.5. The standard InChI is InChI=1S/C22H25N3O3/c1-16-9-11-19(12-10-16)27-13-5-8-21(26)25(3)15-20-23-22(24-28-20)18-7-4-6-17(2)14-18/h4,6-7,9-12,14H,5,8,13,15H2,1-3H3. The van der Waals surface area contributed by atoms with Crippen molar-refractivity contribution in [3.8, 4) is 17.1 Å². The minimum absolute atomic E-state index is 0.0165. The Labute approximate surface area is 165 Å². The Balaban J connectivity index is 1.44. The molecule has 1 aromatic heterocycles. The summed E-state index contributed by atoms with van der Waals surface area (Å²) in [5.74, 6) is 1.79. The van der Waals surface area contributed by atoms with Gasteiger partial charge in [-0.2, -0.15) is 4.98 Å². The van der Waals surface area contributed by atoms with E-state index in [4.69, 9.17) is 9.26 Å². The number of aromatic nitrogens is 2. The Morgan fingerprint density at radius 2 is 1.89 bits per heavy atom. The van der Waals surface area contributed by atoms with Crippen LogP contribution < -0.4 is 4.74 Å². The van der Waals surface area contributed by atoms with E-state index >= 15 is 0 Å². The third-order valence-corrected chi connectivity index (χ3v) is 4.37. The van der Waals surface area contributed by atoms with E-state index < -0.39 is 0 Å². The van der Waals surface area contributed by atoms with Gasteiger partial charge in [0.25, 0.3) is 0 Å². The van der Waals surface area contributed by atoms with Gasteiger partial charge in [0.15, 0.2) is 0 Å². The highest BCUT2D eigenvalue weighted by Gasteiger charge is 2.14. The van der Waals surface area contributed by atoms with Crippen LogP contribution in [-0.4, -0.2) is 34.6 Å². The van der Waals surface area contributed by atoms with Gasteiger partial charge in [0.1, 0.15) is 5.75 Å². The van der Waals surface area contributed by atoms with Crippen molar-refractivity contribution in [3.05, 3.63) is 65.5 Å². The smallest absolute Gasteiger partial charge is 0.246 e. The Morgan fingerprint density at radius 1 is 1.11 bits per heavy atom. The fourth-order valence-corrected chi connectivity index (χ4v) is 2.75. The van der Waals surface area contributed by atoms with Crippen molar-refractivity contribution in [1.29, 1.82) is 0 Å². The molecular weight excluding hydrogens is 354 g/mol. The molecule has 1 heterocycles. The van der Waals surface area contributed by atoms with Crippen LogP contribution in [0.1, 0.15) is 29.9 Å².